The molecule has 1 aliphatic heterocycles. The van der Waals surface area contributed by atoms with Crippen molar-refractivity contribution in [1.29, 1.82) is 0 Å². The summed E-state index contributed by atoms with van der Waals surface area (Å²) < 4.78 is 85.2. The van der Waals surface area contributed by atoms with Gasteiger partial charge < -0.3 is 4.74 Å². The number of alkyl halides is 6. The molecule has 0 unspecified atom stereocenters. The Kier molecular flexibility index (Phi) is 7.74. The molecule has 4 nitrogen and oxygen atoms in total. The highest BCUT2D eigenvalue weighted by molar-refractivity contribution is 5.90. The average Bonchev–Trinajstić information content (AvgIpc) is 2.76. The minimum Gasteiger partial charge on any atom is -0.449 e. The van der Waals surface area contributed by atoms with Crippen molar-refractivity contribution in [3.63, 3.8) is 0 Å². The fourth-order valence-electron chi connectivity index (χ4n) is 4.56. The van der Waals surface area contributed by atoms with Crippen LogP contribution in [0.1, 0.15) is 60.5 Å². The van der Waals surface area contributed by atoms with E-state index in [0.29, 0.717) is 18.5 Å². The highest BCUT2D eigenvalue weighted by Gasteiger charge is 2.39. The molecule has 0 aliphatic carbocycles. The molecule has 1 amide bonds. The van der Waals surface area contributed by atoms with Gasteiger partial charge in [-0.3, -0.25) is 9.80 Å². The van der Waals surface area contributed by atoms with E-state index in [1.165, 1.54) is 0 Å². The van der Waals surface area contributed by atoms with Gasteiger partial charge in [0.15, 0.2) is 0 Å². The highest BCUT2D eigenvalue weighted by atomic mass is 19.4. The normalized spacial score (nSPS) is 18.5. The van der Waals surface area contributed by atoms with Gasteiger partial charge in [-0.2, -0.15) is 26.3 Å². The van der Waals surface area contributed by atoms with E-state index in [2.05, 4.69) is 0 Å². The van der Waals surface area contributed by atoms with Crippen molar-refractivity contribution in [2.75, 3.05) is 18.6 Å². The quantitative estimate of drug-likeness (QED) is 0.401. The monoisotopic (exact) mass is 502 g/mol. The van der Waals surface area contributed by atoms with E-state index in [9.17, 15) is 31.1 Å². The first-order valence-corrected chi connectivity index (χ1v) is 11.3. The van der Waals surface area contributed by atoms with Crippen LogP contribution in [0, 0.1) is 6.92 Å². The summed E-state index contributed by atoms with van der Waals surface area (Å²) in [5, 5.41) is 0. The minimum absolute atomic E-state index is 0.0928. The first-order valence-electron chi connectivity index (χ1n) is 11.3. The van der Waals surface area contributed by atoms with E-state index in [1.54, 1.807) is 29.8 Å². The van der Waals surface area contributed by atoms with Crippen LogP contribution in [0.5, 0.6) is 0 Å². The number of fused-ring (bicyclic) bond motifs is 1. The van der Waals surface area contributed by atoms with Crippen molar-refractivity contribution in [3.8, 4) is 0 Å². The van der Waals surface area contributed by atoms with Crippen molar-refractivity contribution < 1.29 is 35.9 Å². The maximum absolute atomic E-state index is 13.3. The Morgan fingerprint density at radius 1 is 1.03 bits per heavy atom. The van der Waals surface area contributed by atoms with Gasteiger partial charge in [0.05, 0.1) is 23.4 Å². The first kappa shape index (κ1) is 26.8. The Hall–Kier alpha value is -2.75. The molecular weight excluding hydrogens is 474 g/mol. The smallest absolute Gasteiger partial charge is 0.416 e. The summed E-state index contributed by atoms with van der Waals surface area (Å²) in [6.45, 7) is 5.56. The second-order valence-electron chi connectivity index (χ2n) is 8.77. The molecule has 0 aromatic heterocycles. The van der Waals surface area contributed by atoms with Crippen LogP contribution in [0.15, 0.2) is 36.4 Å². The zero-order valence-corrected chi connectivity index (χ0v) is 19.9. The van der Waals surface area contributed by atoms with E-state index in [-0.39, 0.29) is 36.9 Å². The molecule has 3 rings (SSSR count). The number of benzene rings is 2. The maximum Gasteiger partial charge on any atom is 0.416 e. The second-order valence-corrected chi connectivity index (χ2v) is 8.77. The Bertz CT molecular complexity index is 1030. The first-order chi connectivity index (χ1) is 16.3. The number of anilines is 1. The van der Waals surface area contributed by atoms with Crippen LogP contribution in [0.4, 0.5) is 36.8 Å². The van der Waals surface area contributed by atoms with E-state index >= 15 is 0 Å². The Morgan fingerprint density at radius 3 is 2.14 bits per heavy atom. The van der Waals surface area contributed by atoms with Crippen LogP contribution >= 0.6 is 0 Å². The number of halogens is 6. The number of hydrogen-bond donors (Lipinski definition) is 0. The lowest BCUT2D eigenvalue weighted by molar-refractivity contribution is -0.143. The Balaban J connectivity index is 2.02. The number of nitrogens with zero attached hydrogens (tertiary/aromatic N) is 2. The van der Waals surface area contributed by atoms with Crippen molar-refractivity contribution in [2.24, 2.45) is 0 Å². The summed E-state index contributed by atoms with van der Waals surface area (Å²) in [6, 6.07) is 6.61. The lowest BCUT2D eigenvalue weighted by Gasteiger charge is -2.43. The number of hydrogen-bond acceptors (Lipinski definition) is 3. The number of carbonyl (C=O) groups excluding carboxylic acids is 1. The average molecular weight is 502 g/mol. The third kappa shape index (κ3) is 5.91. The lowest BCUT2D eigenvalue weighted by Crippen LogP contribution is -2.47. The van der Waals surface area contributed by atoms with E-state index in [1.807, 2.05) is 26.0 Å². The SMILES string of the molecule is CCOC(=O)N1c2ccc(C)cc2[C@@H](N(C)Cc2cc(C(F)(F)F)cc(C(F)(F)F)c2)C[C@H]1CC. The fourth-order valence-corrected chi connectivity index (χ4v) is 4.56. The molecule has 10 heteroatoms. The van der Waals surface area contributed by atoms with Crippen LogP contribution in [0.2, 0.25) is 0 Å². The largest absolute Gasteiger partial charge is 0.449 e. The molecule has 1 heterocycles. The minimum atomic E-state index is -4.91. The fraction of sp³-hybridized carbons (Fsp3) is 0.480. The Labute approximate surface area is 200 Å². The highest BCUT2D eigenvalue weighted by Crippen LogP contribution is 2.43. The van der Waals surface area contributed by atoms with Gasteiger partial charge in [0.2, 0.25) is 0 Å². The van der Waals surface area contributed by atoms with Crippen molar-refractivity contribution in [2.45, 2.75) is 64.6 Å². The molecule has 0 saturated carbocycles. The summed E-state index contributed by atoms with van der Waals surface area (Å²) in [4.78, 5) is 16.0. The summed E-state index contributed by atoms with van der Waals surface area (Å²) in [5.41, 5.74) is -0.451. The summed E-state index contributed by atoms with van der Waals surface area (Å²) >= 11 is 0. The standard InChI is InChI=1S/C25H28F6N2O2/c1-5-19-13-22(20-9-15(3)7-8-21(20)33(19)23(34)35-6-2)32(4)14-16-10-17(24(26,27)28)12-18(11-16)25(29,30)31/h7-12,19,22H,5-6,13-14H2,1-4H3/t19-,22+/m1/s1. The van der Waals surface area contributed by atoms with Gasteiger partial charge in [-0.1, -0.05) is 24.6 Å². The molecule has 0 saturated heterocycles. The number of ether oxygens (including phenoxy) is 1. The van der Waals surface area contributed by atoms with Crippen molar-refractivity contribution in [1.82, 2.24) is 4.90 Å². The molecule has 1 aliphatic rings. The number of carbonyl (C=O) groups is 1. The van der Waals surface area contributed by atoms with Gasteiger partial charge in [-0.25, -0.2) is 4.79 Å². The molecule has 2 atom stereocenters. The van der Waals surface area contributed by atoms with Crippen LogP contribution in [-0.2, 0) is 23.6 Å². The van der Waals surface area contributed by atoms with Crippen molar-refractivity contribution >= 4 is 11.8 Å². The van der Waals surface area contributed by atoms with Gasteiger partial charge in [0, 0.05) is 18.6 Å². The summed E-state index contributed by atoms with van der Waals surface area (Å²) in [6.07, 6.45) is -9.25. The summed E-state index contributed by atoms with van der Waals surface area (Å²) in [5.74, 6) is 0. The molecule has 192 valence electrons. The second kappa shape index (κ2) is 10.1. The topological polar surface area (TPSA) is 32.8 Å². The van der Waals surface area contributed by atoms with Crippen LogP contribution in [-0.4, -0.2) is 30.7 Å². The molecule has 0 fully saturated rings. The number of amides is 1. The number of aryl methyl sites for hydroxylation is 1. The molecule has 2 aromatic carbocycles. The predicted octanol–water partition coefficient (Wildman–Crippen LogP) is 7.35. The third-order valence-corrected chi connectivity index (χ3v) is 6.21. The van der Waals surface area contributed by atoms with Gasteiger partial charge in [-0.15, -0.1) is 0 Å². The third-order valence-electron chi connectivity index (χ3n) is 6.21. The molecule has 2 aromatic rings. The van der Waals surface area contributed by atoms with E-state index in [4.69, 9.17) is 4.74 Å². The molecule has 0 bridgehead atoms. The zero-order chi connectivity index (χ0) is 26.1. The van der Waals surface area contributed by atoms with Gasteiger partial charge >= 0.3 is 18.4 Å². The molecule has 0 N–H and O–H groups in total. The van der Waals surface area contributed by atoms with Crippen LogP contribution in [0.25, 0.3) is 0 Å². The van der Waals surface area contributed by atoms with Gasteiger partial charge in [0.1, 0.15) is 0 Å². The van der Waals surface area contributed by atoms with E-state index < -0.39 is 29.6 Å². The van der Waals surface area contributed by atoms with Gasteiger partial charge in [-0.05, 0) is 69.1 Å². The zero-order valence-electron chi connectivity index (χ0n) is 19.9. The van der Waals surface area contributed by atoms with Crippen LogP contribution in [0.3, 0.4) is 0 Å². The van der Waals surface area contributed by atoms with E-state index in [0.717, 1.165) is 23.3 Å². The predicted molar refractivity (Wildman–Crippen MR) is 120 cm³/mol. The summed E-state index contributed by atoms with van der Waals surface area (Å²) in [7, 11) is 1.66. The molecule has 35 heavy (non-hydrogen) atoms. The molecular formula is C25H28F6N2O2. The Morgan fingerprint density at radius 2 is 1.63 bits per heavy atom. The lowest BCUT2D eigenvalue weighted by atomic mass is 9.88. The maximum atomic E-state index is 13.3. The van der Waals surface area contributed by atoms with Gasteiger partial charge in [0.25, 0.3) is 0 Å². The molecule has 0 spiro atoms. The van der Waals surface area contributed by atoms with Crippen molar-refractivity contribution in [3.05, 3.63) is 64.2 Å². The molecule has 0 radical (unpaired) electrons. The van der Waals surface area contributed by atoms with Crippen LogP contribution < -0.4 is 4.90 Å². The number of rotatable bonds is 5.